The lowest BCUT2D eigenvalue weighted by atomic mass is 9.72. The van der Waals surface area contributed by atoms with Crippen molar-refractivity contribution in [1.82, 2.24) is 14.9 Å². The summed E-state index contributed by atoms with van der Waals surface area (Å²) in [6.07, 6.45) is 6.96. The summed E-state index contributed by atoms with van der Waals surface area (Å²) in [7, 11) is 0. The fourth-order valence-corrected chi connectivity index (χ4v) is 4.56. The van der Waals surface area contributed by atoms with E-state index in [1.807, 2.05) is 35.2 Å². The van der Waals surface area contributed by atoms with Crippen LogP contribution in [-0.4, -0.2) is 44.6 Å². The molecule has 0 unspecified atom stereocenters. The van der Waals surface area contributed by atoms with Gasteiger partial charge >= 0.3 is 0 Å². The molecule has 1 amide bonds. The minimum atomic E-state index is -0.145. The molecule has 6 heteroatoms. The molecule has 4 rings (SSSR count). The normalized spacial score (nSPS) is 26.9. The molecule has 1 aromatic carbocycles. The number of carbonyl (C=O) groups is 1. The Hall–Kier alpha value is -2.47. The lowest BCUT2D eigenvalue weighted by molar-refractivity contribution is 0.0556. The number of nitrogens with one attached hydrogen (secondary N) is 1. The zero-order chi connectivity index (χ0) is 18.1. The number of rotatable bonds is 5. The summed E-state index contributed by atoms with van der Waals surface area (Å²) in [5.41, 5.74) is 1.26. The smallest absolute Gasteiger partial charge is 0.257 e. The number of amides is 1. The van der Waals surface area contributed by atoms with Crippen molar-refractivity contribution in [3.8, 4) is 0 Å². The number of anilines is 2. The van der Waals surface area contributed by atoms with Gasteiger partial charge in [0, 0.05) is 35.6 Å². The molecule has 2 saturated heterocycles. The molecule has 2 aromatic rings. The summed E-state index contributed by atoms with van der Waals surface area (Å²) in [6, 6.07) is 10.0. The summed E-state index contributed by atoms with van der Waals surface area (Å²) >= 11 is 0. The molecule has 6 nitrogen and oxygen atoms in total. The van der Waals surface area contributed by atoms with E-state index < -0.39 is 0 Å². The van der Waals surface area contributed by atoms with Crippen LogP contribution in [0.3, 0.4) is 0 Å². The number of aromatic nitrogens is 2. The summed E-state index contributed by atoms with van der Waals surface area (Å²) < 4.78 is 0. The Kier molecular flexibility index (Phi) is 4.36. The Bertz CT molecular complexity index is 774. The van der Waals surface area contributed by atoms with Crippen LogP contribution in [-0.2, 0) is 0 Å². The summed E-state index contributed by atoms with van der Waals surface area (Å²) in [6.45, 7) is 2.25. The number of carbonyl (C=O) groups excluding carboxylic acids is 1. The van der Waals surface area contributed by atoms with Crippen molar-refractivity contribution < 1.29 is 9.90 Å². The number of aliphatic hydroxyl groups excluding tert-OH is 1. The molecule has 2 fully saturated rings. The van der Waals surface area contributed by atoms with Crippen molar-refractivity contribution in [2.75, 3.05) is 11.9 Å². The molecule has 136 valence electrons. The average molecular weight is 352 g/mol. The van der Waals surface area contributed by atoms with Gasteiger partial charge in [0.2, 0.25) is 5.95 Å². The van der Waals surface area contributed by atoms with Crippen LogP contribution in [0.2, 0.25) is 0 Å². The van der Waals surface area contributed by atoms with E-state index in [0.29, 0.717) is 11.5 Å². The third-order valence-electron chi connectivity index (χ3n) is 6.03. The quantitative estimate of drug-likeness (QED) is 0.865. The standard InChI is InChI=1S/C20H24N4O2/c1-2-20(13-25)10-16-8-9-17(20)24(16)18(26)14-11-21-19(22-12-14)23-15-6-4-3-5-7-15/h3-7,11-12,16-17,25H,2,8-10,13H2,1H3,(H,21,22,23)/t16-,17+,20-/m1/s1. The van der Waals surface area contributed by atoms with Gasteiger partial charge in [-0.2, -0.15) is 0 Å². The van der Waals surface area contributed by atoms with Crippen LogP contribution in [0.5, 0.6) is 0 Å². The second-order valence-electron chi connectivity index (χ2n) is 7.32. The molecule has 2 bridgehead atoms. The zero-order valence-electron chi connectivity index (χ0n) is 14.9. The first-order valence-corrected chi connectivity index (χ1v) is 9.24. The van der Waals surface area contributed by atoms with E-state index >= 15 is 0 Å². The molecule has 1 aromatic heterocycles. The predicted octanol–water partition coefficient (Wildman–Crippen LogP) is 2.99. The van der Waals surface area contributed by atoms with Crippen LogP contribution < -0.4 is 5.32 Å². The first kappa shape index (κ1) is 17.0. The van der Waals surface area contributed by atoms with Gasteiger partial charge < -0.3 is 15.3 Å². The summed E-state index contributed by atoms with van der Waals surface area (Å²) in [5, 5.41) is 13.0. The molecule has 26 heavy (non-hydrogen) atoms. The van der Waals surface area contributed by atoms with Gasteiger partial charge in [0.15, 0.2) is 0 Å². The maximum Gasteiger partial charge on any atom is 0.257 e. The van der Waals surface area contributed by atoms with Gasteiger partial charge in [-0.1, -0.05) is 25.1 Å². The topological polar surface area (TPSA) is 78.3 Å². The van der Waals surface area contributed by atoms with Gasteiger partial charge in [-0.25, -0.2) is 9.97 Å². The van der Waals surface area contributed by atoms with Crippen molar-refractivity contribution in [2.24, 2.45) is 5.41 Å². The highest BCUT2D eigenvalue weighted by atomic mass is 16.3. The van der Waals surface area contributed by atoms with Gasteiger partial charge in [-0.15, -0.1) is 0 Å². The molecule has 0 radical (unpaired) electrons. The Morgan fingerprint density at radius 3 is 2.62 bits per heavy atom. The number of nitrogens with zero attached hydrogens (tertiary/aromatic N) is 3. The number of fused-ring (bicyclic) bond motifs is 2. The lowest BCUT2D eigenvalue weighted by Gasteiger charge is -2.34. The molecular weight excluding hydrogens is 328 g/mol. The van der Waals surface area contributed by atoms with Crippen molar-refractivity contribution in [1.29, 1.82) is 0 Å². The Morgan fingerprint density at radius 1 is 1.27 bits per heavy atom. The number of para-hydroxylation sites is 1. The van der Waals surface area contributed by atoms with E-state index in [4.69, 9.17) is 0 Å². The first-order chi connectivity index (χ1) is 12.7. The highest BCUT2D eigenvalue weighted by Crippen LogP contribution is 2.51. The fraction of sp³-hybridized carbons (Fsp3) is 0.450. The van der Waals surface area contributed by atoms with E-state index in [0.717, 1.165) is 31.4 Å². The second-order valence-corrected chi connectivity index (χ2v) is 7.32. The number of hydrogen-bond donors (Lipinski definition) is 2. The minimum Gasteiger partial charge on any atom is -0.396 e. The van der Waals surface area contributed by atoms with E-state index in [1.54, 1.807) is 12.4 Å². The first-order valence-electron chi connectivity index (χ1n) is 9.24. The van der Waals surface area contributed by atoms with Crippen molar-refractivity contribution in [3.63, 3.8) is 0 Å². The molecule has 3 atom stereocenters. The lowest BCUT2D eigenvalue weighted by Crippen LogP contribution is -2.42. The monoisotopic (exact) mass is 352 g/mol. The van der Waals surface area contributed by atoms with Crippen LogP contribution in [0.4, 0.5) is 11.6 Å². The van der Waals surface area contributed by atoms with Gasteiger partial charge in [-0.3, -0.25) is 4.79 Å². The fourth-order valence-electron chi connectivity index (χ4n) is 4.56. The molecule has 0 aliphatic carbocycles. The van der Waals surface area contributed by atoms with Crippen LogP contribution in [0, 0.1) is 5.41 Å². The number of benzene rings is 1. The van der Waals surface area contributed by atoms with E-state index in [9.17, 15) is 9.90 Å². The van der Waals surface area contributed by atoms with Gasteiger partial charge in [0.25, 0.3) is 5.91 Å². The third-order valence-corrected chi connectivity index (χ3v) is 6.03. The summed E-state index contributed by atoms with van der Waals surface area (Å²) in [5.74, 6) is 0.447. The van der Waals surface area contributed by atoms with Crippen LogP contribution in [0.15, 0.2) is 42.7 Å². The molecule has 2 aliphatic heterocycles. The average Bonchev–Trinajstić information content (AvgIpc) is 3.25. The minimum absolute atomic E-state index is 0.0208. The highest BCUT2D eigenvalue weighted by Gasteiger charge is 2.56. The molecule has 0 spiro atoms. The second kappa shape index (κ2) is 6.68. The Balaban J connectivity index is 1.51. The number of hydrogen-bond acceptors (Lipinski definition) is 5. The number of aliphatic hydroxyl groups is 1. The largest absolute Gasteiger partial charge is 0.396 e. The third kappa shape index (κ3) is 2.74. The maximum atomic E-state index is 13.0. The van der Waals surface area contributed by atoms with Crippen molar-refractivity contribution >= 4 is 17.5 Å². The SMILES string of the molecule is CC[C@]1(CO)C[C@H]2CC[C@@H]1N2C(=O)c1cnc(Nc2ccccc2)nc1. The Labute approximate surface area is 153 Å². The van der Waals surface area contributed by atoms with Crippen LogP contribution in [0.25, 0.3) is 0 Å². The Morgan fingerprint density at radius 2 is 2.00 bits per heavy atom. The van der Waals surface area contributed by atoms with Crippen molar-refractivity contribution in [3.05, 3.63) is 48.3 Å². The highest BCUT2D eigenvalue weighted by molar-refractivity contribution is 5.94. The molecule has 0 saturated carbocycles. The van der Waals surface area contributed by atoms with Crippen molar-refractivity contribution in [2.45, 2.75) is 44.7 Å². The molecule has 2 N–H and O–H groups in total. The molecule has 3 heterocycles. The maximum absolute atomic E-state index is 13.0. The van der Waals surface area contributed by atoms with Gasteiger partial charge in [-0.05, 0) is 37.8 Å². The summed E-state index contributed by atoms with van der Waals surface area (Å²) in [4.78, 5) is 23.6. The van der Waals surface area contributed by atoms with E-state index in [-0.39, 0.29) is 30.0 Å². The van der Waals surface area contributed by atoms with Gasteiger partial charge in [0.05, 0.1) is 12.2 Å². The zero-order valence-corrected chi connectivity index (χ0v) is 14.9. The van der Waals surface area contributed by atoms with Gasteiger partial charge in [0.1, 0.15) is 0 Å². The molecular formula is C20H24N4O2. The molecule has 2 aliphatic rings. The van der Waals surface area contributed by atoms with Crippen LogP contribution >= 0.6 is 0 Å². The predicted molar refractivity (Wildman–Crippen MR) is 99.2 cm³/mol. The van der Waals surface area contributed by atoms with Crippen LogP contribution in [0.1, 0.15) is 43.0 Å². The van der Waals surface area contributed by atoms with E-state index in [2.05, 4.69) is 22.2 Å². The van der Waals surface area contributed by atoms with E-state index in [1.165, 1.54) is 0 Å².